The van der Waals surface area contributed by atoms with E-state index in [1.54, 1.807) is 7.11 Å². The number of hydrogen-bond acceptors (Lipinski definition) is 3. The van der Waals surface area contributed by atoms with Gasteiger partial charge in [0.1, 0.15) is 0 Å². The van der Waals surface area contributed by atoms with Gasteiger partial charge in [-0.3, -0.25) is 9.97 Å². The third kappa shape index (κ3) is 3.87. The molecule has 0 fully saturated rings. The Labute approximate surface area is 128 Å². The van der Waals surface area contributed by atoms with Crippen LogP contribution in [-0.4, -0.2) is 23.2 Å². The van der Waals surface area contributed by atoms with Crippen LogP contribution in [0, 0.1) is 13.8 Å². The van der Waals surface area contributed by atoms with Crippen molar-refractivity contribution >= 4 is 5.57 Å². The molecule has 89 valence electrons. The third-order valence-electron chi connectivity index (χ3n) is 2.89. The number of rotatable bonds is 2. The minimum atomic E-state index is 0. The van der Waals surface area contributed by atoms with Crippen molar-refractivity contribution in [1.29, 1.82) is 0 Å². The van der Waals surface area contributed by atoms with Crippen LogP contribution < -0.4 is 0 Å². The van der Waals surface area contributed by atoms with Gasteiger partial charge in [0.25, 0.3) is 0 Å². The Morgan fingerprint density at radius 3 is 2.71 bits per heavy atom. The number of aryl methyl sites for hydroxylation is 1. The van der Waals surface area contributed by atoms with E-state index in [9.17, 15) is 0 Å². The first-order chi connectivity index (χ1) is 7.69. The van der Waals surface area contributed by atoms with Crippen molar-refractivity contribution in [2.45, 2.75) is 32.3 Å². The van der Waals surface area contributed by atoms with Crippen molar-refractivity contribution in [1.82, 2.24) is 9.97 Å². The van der Waals surface area contributed by atoms with Crippen LogP contribution >= 0.6 is 0 Å². The van der Waals surface area contributed by atoms with E-state index in [1.165, 1.54) is 5.57 Å². The maximum Gasteiger partial charge on any atom is 0.150 e. The second-order valence-corrected chi connectivity index (χ2v) is 4.19. The molecule has 1 atom stereocenters. The molecule has 0 N–H and O–H groups in total. The second kappa shape index (κ2) is 6.62. The van der Waals surface area contributed by atoms with Gasteiger partial charge in [0.05, 0.1) is 6.10 Å². The summed E-state index contributed by atoms with van der Waals surface area (Å²) >= 11 is 0. The van der Waals surface area contributed by atoms with Gasteiger partial charge in [-0.15, -0.1) is 0 Å². The summed E-state index contributed by atoms with van der Waals surface area (Å²) in [7, 11) is 1.76. The van der Waals surface area contributed by atoms with Gasteiger partial charge in [0.2, 0.25) is 0 Å². The standard InChI is InChI=1S/C13H17N2O.Y/c1-9-8-10(2)15-13(14-9)11-4-6-12(16-3)7-5-11;/h4,8,12H,1,5-7H2,2-3H3;/q-1;/t12-;/m1./s1. The van der Waals surface area contributed by atoms with Crippen LogP contribution in [0.4, 0.5) is 0 Å². The van der Waals surface area contributed by atoms with E-state index in [0.717, 1.165) is 36.5 Å². The van der Waals surface area contributed by atoms with Crippen LogP contribution in [0.25, 0.3) is 5.57 Å². The first kappa shape index (κ1) is 14.8. The molecular weight excluding hydrogens is 289 g/mol. The van der Waals surface area contributed by atoms with Crippen LogP contribution in [0.2, 0.25) is 0 Å². The van der Waals surface area contributed by atoms with Gasteiger partial charge < -0.3 is 4.74 Å². The average molecular weight is 306 g/mol. The molecule has 1 aromatic rings. The molecule has 0 aliphatic heterocycles. The second-order valence-electron chi connectivity index (χ2n) is 4.19. The van der Waals surface area contributed by atoms with Gasteiger partial charge in [-0.2, -0.15) is 6.07 Å². The van der Waals surface area contributed by atoms with Crippen molar-refractivity contribution in [2.24, 2.45) is 0 Å². The van der Waals surface area contributed by atoms with Crippen molar-refractivity contribution < 1.29 is 37.4 Å². The molecule has 0 saturated carbocycles. The average Bonchev–Trinajstić information content (AvgIpc) is 2.28. The number of aromatic nitrogens is 2. The summed E-state index contributed by atoms with van der Waals surface area (Å²) in [5, 5.41) is 0. The smallest absolute Gasteiger partial charge is 0.150 e. The fourth-order valence-corrected chi connectivity index (χ4v) is 2.00. The summed E-state index contributed by atoms with van der Waals surface area (Å²) in [6.07, 6.45) is 5.53. The Kier molecular flexibility index (Phi) is 5.77. The minimum absolute atomic E-state index is 0. The van der Waals surface area contributed by atoms with Crippen molar-refractivity contribution in [3.63, 3.8) is 0 Å². The van der Waals surface area contributed by atoms with Crippen molar-refractivity contribution in [3.8, 4) is 0 Å². The fraction of sp³-hybridized carbons (Fsp3) is 0.462. The minimum Gasteiger partial charge on any atom is -0.381 e. The monoisotopic (exact) mass is 306 g/mol. The summed E-state index contributed by atoms with van der Waals surface area (Å²) in [4.78, 5) is 8.83. The molecule has 1 aromatic heterocycles. The summed E-state index contributed by atoms with van der Waals surface area (Å²) in [6, 6.07) is 1.89. The summed E-state index contributed by atoms with van der Waals surface area (Å²) < 4.78 is 5.33. The molecule has 4 heteroatoms. The predicted octanol–water partition coefficient (Wildman–Crippen LogP) is 2.55. The fourth-order valence-electron chi connectivity index (χ4n) is 2.00. The molecule has 1 heterocycles. The van der Waals surface area contributed by atoms with Crippen LogP contribution in [0.1, 0.15) is 36.5 Å². The van der Waals surface area contributed by atoms with Crippen LogP contribution in [-0.2, 0) is 37.4 Å². The van der Waals surface area contributed by atoms with Crippen molar-refractivity contribution in [2.75, 3.05) is 7.11 Å². The van der Waals surface area contributed by atoms with Gasteiger partial charge in [-0.25, -0.2) is 6.92 Å². The quantitative estimate of drug-likeness (QED) is 0.788. The molecule has 0 spiro atoms. The van der Waals surface area contributed by atoms with E-state index < -0.39 is 0 Å². The Morgan fingerprint density at radius 2 is 2.18 bits per heavy atom. The molecule has 1 aliphatic carbocycles. The number of allylic oxidation sites excluding steroid dienone is 1. The third-order valence-corrected chi connectivity index (χ3v) is 2.89. The van der Waals surface area contributed by atoms with Crippen LogP contribution in [0.15, 0.2) is 12.1 Å². The Morgan fingerprint density at radius 1 is 1.41 bits per heavy atom. The van der Waals surface area contributed by atoms with Crippen LogP contribution in [0.3, 0.4) is 0 Å². The number of methoxy groups -OCH3 is 1. The Hall–Kier alpha value is -0.246. The van der Waals surface area contributed by atoms with Gasteiger partial charge in [0, 0.05) is 39.8 Å². The van der Waals surface area contributed by atoms with Gasteiger partial charge in [-0.05, 0) is 37.5 Å². The normalized spacial score (nSPS) is 19.4. The number of hydrogen-bond donors (Lipinski definition) is 0. The van der Waals surface area contributed by atoms with Gasteiger partial charge in [0.15, 0.2) is 5.82 Å². The van der Waals surface area contributed by atoms with E-state index >= 15 is 0 Å². The zero-order valence-corrected chi connectivity index (χ0v) is 13.3. The van der Waals surface area contributed by atoms with Crippen LogP contribution in [0.5, 0.6) is 0 Å². The molecule has 0 unspecified atom stereocenters. The zero-order valence-electron chi connectivity index (χ0n) is 10.4. The molecule has 3 nitrogen and oxygen atoms in total. The molecule has 0 amide bonds. The van der Waals surface area contributed by atoms with Crippen molar-refractivity contribution in [3.05, 3.63) is 36.3 Å². The summed E-state index contributed by atoms with van der Waals surface area (Å²) in [6.45, 7) is 5.84. The zero-order chi connectivity index (χ0) is 11.5. The molecule has 0 aromatic carbocycles. The molecule has 0 bridgehead atoms. The maximum atomic E-state index is 5.33. The maximum absolute atomic E-state index is 5.33. The molecule has 1 radical (unpaired) electrons. The molecule has 2 rings (SSSR count). The molecule has 0 saturated heterocycles. The predicted molar refractivity (Wildman–Crippen MR) is 63.9 cm³/mol. The number of nitrogens with zero attached hydrogens (tertiary/aromatic N) is 2. The SMILES string of the molecule is [CH2-]c1cc(C)nc(C2=CC[C@@H](OC)CC2)n1.[Y]. The van der Waals surface area contributed by atoms with E-state index in [4.69, 9.17) is 4.74 Å². The van der Waals surface area contributed by atoms with E-state index in [0.29, 0.717) is 6.10 Å². The summed E-state index contributed by atoms with van der Waals surface area (Å²) in [5.41, 5.74) is 2.99. The molecule has 17 heavy (non-hydrogen) atoms. The van der Waals surface area contributed by atoms with Gasteiger partial charge in [-0.1, -0.05) is 11.8 Å². The Balaban J connectivity index is 0.00000144. The topological polar surface area (TPSA) is 35.0 Å². The van der Waals surface area contributed by atoms with Gasteiger partial charge >= 0.3 is 0 Å². The molecular formula is C13H17N2OY-. The van der Waals surface area contributed by atoms with E-state index in [2.05, 4.69) is 23.0 Å². The Bertz CT molecular complexity index is 398. The first-order valence-electron chi connectivity index (χ1n) is 5.59. The number of ether oxygens (including phenoxy) is 1. The largest absolute Gasteiger partial charge is 0.381 e. The van der Waals surface area contributed by atoms with E-state index in [1.807, 2.05) is 13.0 Å². The first-order valence-corrected chi connectivity index (χ1v) is 5.59. The summed E-state index contributed by atoms with van der Waals surface area (Å²) in [5.74, 6) is 0.833. The molecule has 1 aliphatic rings. The van der Waals surface area contributed by atoms with E-state index in [-0.39, 0.29) is 32.7 Å².